The van der Waals surface area contributed by atoms with Crippen molar-refractivity contribution in [2.24, 2.45) is 11.5 Å². The molecule has 0 aliphatic rings. The summed E-state index contributed by atoms with van der Waals surface area (Å²) < 4.78 is 4.70. The summed E-state index contributed by atoms with van der Waals surface area (Å²) in [5.41, 5.74) is 10.4. The molecule has 0 rings (SSSR count). The molecule has 4 heteroatoms. The summed E-state index contributed by atoms with van der Waals surface area (Å²) in [5.74, 6) is -0.367. The van der Waals surface area contributed by atoms with Gasteiger partial charge in [-0.1, -0.05) is 0 Å². The second-order valence-corrected chi connectivity index (χ2v) is 2.10. The first-order chi connectivity index (χ1) is 4.68. The highest BCUT2D eigenvalue weighted by molar-refractivity contribution is 5.74. The largest absolute Gasteiger partial charge is 0.464 e. The van der Waals surface area contributed by atoms with Crippen LogP contribution in [-0.4, -0.2) is 25.2 Å². The molecule has 1 atom stereocenters. The van der Waals surface area contributed by atoms with Crippen molar-refractivity contribution in [1.82, 2.24) is 0 Å². The Hall–Kier alpha value is -0.610. The number of esters is 1. The van der Waals surface area contributed by atoms with Crippen LogP contribution in [0.25, 0.3) is 0 Å². The van der Waals surface area contributed by atoms with E-state index in [2.05, 4.69) is 0 Å². The fourth-order valence-corrected chi connectivity index (χ4v) is 0.388. The lowest BCUT2D eigenvalue weighted by molar-refractivity contribution is -0.144. The smallest absolute Gasteiger partial charge is 0.322 e. The maximum Gasteiger partial charge on any atom is 0.322 e. The molecule has 0 aromatic rings. The second-order valence-electron chi connectivity index (χ2n) is 2.10. The van der Waals surface area contributed by atoms with E-state index in [-0.39, 0.29) is 5.97 Å². The maximum absolute atomic E-state index is 10.6. The molecular weight excluding hydrogens is 132 g/mol. The highest BCUT2D eigenvalue weighted by Crippen LogP contribution is 1.85. The quantitative estimate of drug-likeness (QED) is 0.403. The van der Waals surface area contributed by atoms with Gasteiger partial charge in [0.05, 0.1) is 6.61 Å². The monoisotopic (exact) mass is 146 g/mol. The molecule has 0 aromatic carbocycles. The van der Waals surface area contributed by atoms with Crippen LogP contribution in [0.5, 0.6) is 0 Å². The molecule has 1 unspecified atom stereocenters. The number of carbonyl (C=O) groups excluding carboxylic acids is 1. The van der Waals surface area contributed by atoms with Gasteiger partial charge in [-0.05, 0) is 19.9 Å². The SMILES string of the molecule is CC(N)C(=O)OCCCN. The van der Waals surface area contributed by atoms with E-state index in [1.165, 1.54) is 0 Å². The Balaban J connectivity index is 3.22. The van der Waals surface area contributed by atoms with E-state index in [4.69, 9.17) is 16.2 Å². The lowest BCUT2D eigenvalue weighted by Crippen LogP contribution is -2.29. The van der Waals surface area contributed by atoms with Crippen molar-refractivity contribution in [3.63, 3.8) is 0 Å². The van der Waals surface area contributed by atoms with Crippen LogP contribution in [-0.2, 0) is 9.53 Å². The third kappa shape index (κ3) is 4.29. The number of hydrogen-bond donors (Lipinski definition) is 2. The average Bonchev–Trinajstić information content (AvgIpc) is 1.88. The molecule has 0 heterocycles. The van der Waals surface area contributed by atoms with Gasteiger partial charge in [-0.25, -0.2) is 0 Å². The van der Waals surface area contributed by atoms with E-state index in [1.54, 1.807) is 6.92 Å². The van der Waals surface area contributed by atoms with E-state index >= 15 is 0 Å². The lowest BCUT2D eigenvalue weighted by Gasteiger charge is -2.04. The number of carbonyl (C=O) groups is 1. The Labute approximate surface area is 60.5 Å². The third-order valence-corrected chi connectivity index (χ3v) is 0.965. The number of rotatable bonds is 4. The zero-order valence-corrected chi connectivity index (χ0v) is 6.17. The summed E-state index contributed by atoms with van der Waals surface area (Å²) in [6.07, 6.45) is 0.693. The molecule has 0 fully saturated rings. The average molecular weight is 146 g/mol. The van der Waals surface area contributed by atoms with Gasteiger partial charge >= 0.3 is 5.97 Å². The lowest BCUT2D eigenvalue weighted by atomic mass is 10.4. The van der Waals surface area contributed by atoms with Gasteiger partial charge in [-0.3, -0.25) is 4.79 Å². The van der Waals surface area contributed by atoms with Crippen molar-refractivity contribution in [3.05, 3.63) is 0 Å². The standard InChI is InChI=1S/C6H14N2O2/c1-5(8)6(9)10-4-2-3-7/h5H,2-4,7-8H2,1H3. The van der Waals surface area contributed by atoms with Gasteiger partial charge in [-0.2, -0.15) is 0 Å². The van der Waals surface area contributed by atoms with Crippen molar-refractivity contribution < 1.29 is 9.53 Å². The fraction of sp³-hybridized carbons (Fsp3) is 0.833. The molecule has 0 aliphatic heterocycles. The number of ether oxygens (including phenoxy) is 1. The van der Waals surface area contributed by atoms with Gasteiger partial charge in [0.25, 0.3) is 0 Å². The molecule has 0 radical (unpaired) electrons. The van der Waals surface area contributed by atoms with E-state index in [1.807, 2.05) is 0 Å². The summed E-state index contributed by atoms with van der Waals surface area (Å²) >= 11 is 0. The van der Waals surface area contributed by atoms with Gasteiger partial charge in [0.2, 0.25) is 0 Å². The molecule has 0 saturated heterocycles. The molecule has 0 aliphatic carbocycles. The minimum atomic E-state index is -0.530. The predicted octanol–water partition coefficient (Wildman–Crippen LogP) is -0.774. The van der Waals surface area contributed by atoms with Crippen molar-refractivity contribution >= 4 is 5.97 Å². The van der Waals surface area contributed by atoms with Gasteiger partial charge < -0.3 is 16.2 Å². The summed E-state index contributed by atoms with van der Waals surface area (Å²) in [5, 5.41) is 0. The Morgan fingerprint density at radius 3 is 2.70 bits per heavy atom. The number of nitrogens with two attached hydrogens (primary N) is 2. The Morgan fingerprint density at radius 2 is 2.30 bits per heavy atom. The van der Waals surface area contributed by atoms with Crippen LogP contribution < -0.4 is 11.5 Å². The van der Waals surface area contributed by atoms with Crippen molar-refractivity contribution in [2.75, 3.05) is 13.2 Å². The van der Waals surface area contributed by atoms with Crippen molar-refractivity contribution in [1.29, 1.82) is 0 Å². The van der Waals surface area contributed by atoms with Crippen LogP contribution in [0.2, 0.25) is 0 Å². The minimum absolute atomic E-state index is 0.367. The van der Waals surface area contributed by atoms with Gasteiger partial charge in [0.15, 0.2) is 0 Å². The first kappa shape index (κ1) is 9.39. The molecule has 4 N–H and O–H groups in total. The van der Waals surface area contributed by atoms with Crippen LogP contribution >= 0.6 is 0 Å². The molecule has 0 aromatic heterocycles. The van der Waals surface area contributed by atoms with Gasteiger partial charge in [-0.15, -0.1) is 0 Å². The zero-order chi connectivity index (χ0) is 7.98. The summed E-state index contributed by atoms with van der Waals surface area (Å²) in [4.78, 5) is 10.6. The Kier molecular flexibility index (Phi) is 4.88. The van der Waals surface area contributed by atoms with Crippen LogP contribution in [0, 0.1) is 0 Å². The topological polar surface area (TPSA) is 78.3 Å². The first-order valence-corrected chi connectivity index (χ1v) is 3.30. The molecule has 0 saturated carbocycles. The zero-order valence-electron chi connectivity index (χ0n) is 6.17. The molecule has 10 heavy (non-hydrogen) atoms. The van der Waals surface area contributed by atoms with E-state index in [0.717, 1.165) is 0 Å². The van der Waals surface area contributed by atoms with Gasteiger partial charge in [0, 0.05) is 0 Å². The van der Waals surface area contributed by atoms with Crippen molar-refractivity contribution in [3.8, 4) is 0 Å². The van der Waals surface area contributed by atoms with E-state index < -0.39 is 6.04 Å². The van der Waals surface area contributed by atoms with Gasteiger partial charge in [0.1, 0.15) is 6.04 Å². The molecule has 60 valence electrons. The molecule has 0 amide bonds. The van der Waals surface area contributed by atoms with Crippen LogP contribution in [0.1, 0.15) is 13.3 Å². The normalized spacial score (nSPS) is 12.7. The van der Waals surface area contributed by atoms with Crippen LogP contribution in [0.3, 0.4) is 0 Å². The highest BCUT2D eigenvalue weighted by atomic mass is 16.5. The Morgan fingerprint density at radius 1 is 1.70 bits per heavy atom. The fourth-order valence-electron chi connectivity index (χ4n) is 0.388. The second kappa shape index (κ2) is 5.20. The summed E-state index contributed by atoms with van der Waals surface area (Å²) in [6, 6.07) is -0.530. The third-order valence-electron chi connectivity index (χ3n) is 0.965. The number of hydrogen-bond acceptors (Lipinski definition) is 4. The van der Waals surface area contributed by atoms with Crippen LogP contribution in [0.4, 0.5) is 0 Å². The highest BCUT2D eigenvalue weighted by Gasteiger charge is 2.06. The minimum Gasteiger partial charge on any atom is -0.464 e. The van der Waals surface area contributed by atoms with E-state index in [9.17, 15) is 4.79 Å². The summed E-state index contributed by atoms with van der Waals surface area (Å²) in [6.45, 7) is 2.49. The molecular formula is C6H14N2O2. The summed E-state index contributed by atoms with van der Waals surface area (Å²) in [7, 11) is 0. The van der Waals surface area contributed by atoms with Crippen LogP contribution in [0.15, 0.2) is 0 Å². The first-order valence-electron chi connectivity index (χ1n) is 3.30. The predicted molar refractivity (Wildman–Crippen MR) is 38.3 cm³/mol. The molecule has 0 bridgehead atoms. The molecule has 4 nitrogen and oxygen atoms in total. The molecule has 0 spiro atoms. The maximum atomic E-state index is 10.6. The van der Waals surface area contributed by atoms with Crippen molar-refractivity contribution in [2.45, 2.75) is 19.4 Å². The van der Waals surface area contributed by atoms with E-state index in [0.29, 0.717) is 19.6 Å². The Bertz CT molecular complexity index is 104.